The quantitative estimate of drug-likeness (QED) is 0.525. The molecule has 0 radical (unpaired) electrons. The maximum Gasteiger partial charge on any atom is 0.340 e. The summed E-state index contributed by atoms with van der Waals surface area (Å²) in [5.41, 5.74) is 3.43. The molecule has 4 nitrogen and oxygen atoms in total. The molecule has 1 aliphatic heterocycles. The predicted octanol–water partition coefficient (Wildman–Crippen LogP) is 5.18. The molecule has 0 saturated carbocycles. The first-order valence-corrected chi connectivity index (χ1v) is 8.96. The molecule has 0 saturated heterocycles. The summed E-state index contributed by atoms with van der Waals surface area (Å²) < 4.78 is 4.90. The number of halogens is 2. The van der Waals surface area contributed by atoms with Crippen molar-refractivity contribution < 1.29 is 14.3 Å². The van der Waals surface area contributed by atoms with E-state index in [-0.39, 0.29) is 17.1 Å². The second-order valence-electron chi connectivity index (χ2n) is 6.16. The number of methoxy groups -OCH3 is 1. The number of aryl methyl sites for hydroxylation is 1. The van der Waals surface area contributed by atoms with Gasteiger partial charge < -0.3 is 4.74 Å². The summed E-state index contributed by atoms with van der Waals surface area (Å²) in [5, 5.41) is 0.711. The van der Waals surface area contributed by atoms with Crippen LogP contribution < -0.4 is 4.90 Å². The Morgan fingerprint density at radius 3 is 2.30 bits per heavy atom. The molecule has 2 aromatic carbocycles. The topological polar surface area (TPSA) is 46.6 Å². The lowest BCUT2D eigenvalue weighted by molar-refractivity contribution is -0.136. The highest BCUT2D eigenvalue weighted by Gasteiger charge is 2.38. The predicted molar refractivity (Wildman–Crippen MR) is 108 cm³/mol. The van der Waals surface area contributed by atoms with E-state index in [0.29, 0.717) is 21.4 Å². The van der Waals surface area contributed by atoms with Gasteiger partial charge in [-0.3, -0.25) is 9.69 Å². The van der Waals surface area contributed by atoms with Gasteiger partial charge in [0.2, 0.25) is 0 Å². The second kappa shape index (κ2) is 7.59. The van der Waals surface area contributed by atoms with Crippen LogP contribution in [0.15, 0.2) is 59.3 Å². The minimum absolute atomic E-state index is 0.231. The van der Waals surface area contributed by atoms with E-state index in [9.17, 15) is 9.59 Å². The van der Waals surface area contributed by atoms with Gasteiger partial charge in [0.05, 0.1) is 34.0 Å². The molecule has 0 fully saturated rings. The highest BCUT2D eigenvalue weighted by molar-refractivity contribution is 6.42. The molecule has 0 aromatic heterocycles. The number of carbonyl (C=O) groups is 2. The summed E-state index contributed by atoms with van der Waals surface area (Å²) in [7, 11) is 1.29. The average molecular weight is 402 g/mol. The summed E-state index contributed by atoms with van der Waals surface area (Å²) in [5.74, 6) is -0.895. The molecule has 6 heteroatoms. The van der Waals surface area contributed by atoms with E-state index < -0.39 is 5.97 Å². The maximum atomic E-state index is 13.1. The highest BCUT2D eigenvalue weighted by atomic mass is 35.5. The number of hydrogen-bond donors (Lipinski definition) is 0. The third-order valence-corrected chi connectivity index (χ3v) is 5.08. The van der Waals surface area contributed by atoms with Crippen LogP contribution in [0.5, 0.6) is 0 Å². The molecule has 0 unspecified atom stereocenters. The Morgan fingerprint density at radius 2 is 1.70 bits per heavy atom. The molecule has 138 valence electrons. The Labute approximate surface area is 167 Å². The van der Waals surface area contributed by atoms with Gasteiger partial charge in [-0.1, -0.05) is 53.0 Å². The zero-order valence-corrected chi connectivity index (χ0v) is 16.6. The number of ether oxygens (including phenoxy) is 1. The number of allylic oxidation sites excluding steroid dienone is 1. The molecule has 1 aliphatic rings. The zero-order chi connectivity index (χ0) is 19.7. The van der Waals surface area contributed by atoms with Gasteiger partial charge in [-0.15, -0.1) is 0 Å². The Morgan fingerprint density at radius 1 is 1.04 bits per heavy atom. The smallest absolute Gasteiger partial charge is 0.340 e. The van der Waals surface area contributed by atoms with Crippen molar-refractivity contribution in [3.05, 3.63) is 80.5 Å². The first-order chi connectivity index (χ1) is 12.8. The molecular formula is C21H17Cl2NO3. The average Bonchev–Trinajstić information content (AvgIpc) is 2.89. The van der Waals surface area contributed by atoms with Gasteiger partial charge in [-0.25, -0.2) is 4.79 Å². The normalized spacial score (nSPS) is 15.7. The first-order valence-electron chi connectivity index (χ1n) is 8.21. The number of nitrogens with zero attached hydrogens (tertiary/aromatic N) is 1. The fourth-order valence-corrected chi connectivity index (χ4v) is 3.24. The monoisotopic (exact) mass is 401 g/mol. The molecule has 0 atom stereocenters. The summed E-state index contributed by atoms with van der Waals surface area (Å²) in [4.78, 5) is 27.0. The van der Waals surface area contributed by atoms with Gasteiger partial charge in [0, 0.05) is 5.70 Å². The van der Waals surface area contributed by atoms with E-state index in [1.54, 1.807) is 31.2 Å². The lowest BCUT2D eigenvalue weighted by atomic mass is 10.0. The minimum atomic E-state index is -0.568. The van der Waals surface area contributed by atoms with Crippen LogP contribution >= 0.6 is 23.2 Å². The van der Waals surface area contributed by atoms with Crippen molar-refractivity contribution in [2.75, 3.05) is 12.0 Å². The van der Waals surface area contributed by atoms with Crippen LogP contribution in [0.4, 0.5) is 5.69 Å². The van der Waals surface area contributed by atoms with Crippen molar-refractivity contribution in [1.82, 2.24) is 0 Å². The number of rotatable bonds is 3. The Hall–Kier alpha value is -2.56. The van der Waals surface area contributed by atoms with Crippen LogP contribution in [0.25, 0.3) is 6.08 Å². The summed E-state index contributed by atoms with van der Waals surface area (Å²) in [6.07, 6.45) is 1.69. The maximum absolute atomic E-state index is 13.1. The fraction of sp³-hybridized carbons (Fsp3) is 0.143. The standard InChI is InChI=1S/C21H17Cl2NO3/c1-12-4-6-14(7-5-12)10-16-19(21(26)27-3)13(2)24(20(16)25)15-8-9-17(22)18(23)11-15/h4-11H,1-3H3/b16-10-. The van der Waals surface area contributed by atoms with Crippen molar-refractivity contribution in [2.24, 2.45) is 0 Å². The van der Waals surface area contributed by atoms with Gasteiger partial charge in [-0.05, 0) is 43.7 Å². The highest BCUT2D eigenvalue weighted by Crippen LogP contribution is 2.37. The van der Waals surface area contributed by atoms with Gasteiger partial charge in [0.1, 0.15) is 0 Å². The molecule has 0 N–H and O–H groups in total. The number of benzene rings is 2. The van der Waals surface area contributed by atoms with Crippen molar-refractivity contribution in [3.63, 3.8) is 0 Å². The Bertz CT molecular complexity index is 991. The van der Waals surface area contributed by atoms with Crippen LogP contribution in [0.1, 0.15) is 18.1 Å². The molecule has 0 bridgehead atoms. The molecule has 0 aliphatic carbocycles. The molecule has 0 spiro atoms. The number of hydrogen-bond acceptors (Lipinski definition) is 3. The SMILES string of the molecule is COC(=O)C1=C(C)N(c2ccc(Cl)c(Cl)c2)C(=O)/C1=C\c1ccc(C)cc1. The minimum Gasteiger partial charge on any atom is -0.465 e. The van der Waals surface area contributed by atoms with E-state index in [4.69, 9.17) is 27.9 Å². The van der Waals surface area contributed by atoms with Crippen molar-refractivity contribution in [1.29, 1.82) is 0 Å². The third-order valence-electron chi connectivity index (χ3n) is 4.34. The number of esters is 1. The van der Waals surface area contributed by atoms with Crippen LogP contribution in [0.3, 0.4) is 0 Å². The van der Waals surface area contributed by atoms with E-state index in [0.717, 1.165) is 11.1 Å². The second-order valence-corrected chi connectivity index (χ2v) is 6.97. The van der Waals surface area contributed by atoms with Gasteiger partial charge in [0.15, 0.2) is 0 Å². The number of amides is 1. The molecule has 1 amide bonds. The number of anilines is 1. The molecule has 1 heterocycles. The number of carbonyl (C=O) groups excluding carboxylic acids is 2. The van der Waals surface area contributed by atoms with E-state index in [1.807, 2.05) is 31.2 Å². The summed E-state index contributed by atoms with van der Waals surface area (Å²) in [6.45, 7) is 3.68. The first kappa shape index (κ1) is 19.2. The molecule has 27 heavy (non-hydrogen) atoms. The zero-order valence-electron chi connectivity index (χ0n) is 15.0. The molecule has 2 aromatic rings. The summed E-state index contributed by atoms with van der Waals surface area (Å²) >= 11 is 12.1. The fourth-order valence-electron chi connectivity index (χ4n) is 2.94. The van der Waals surface area contributed by atoms with Crippen LogP contribution in [-0.2, 0) is 14.3 Å². The summed E-state index contributed by atoms with van der Waals surface area (Å²) in [6, 6.07) is 12.5. The van der Waals surface area contributed by atoms with Crippen LogP contribution in [-0.4, -0.2) is 19.0 Å². The van der Waals surface area contributed by atoms with Crippen LogP contribution in [0, 0.1) is 6.92 Å². The van der Waals surface area contributed by atoms with Crippen LogP contribution in [0.2, 0.25) is 10.0 Å². The third kappa shape index (κ3) is 3.64. The van der Waals surface area contributed by atoms with E-state index in [2.05, 4.69) is 0 Å². The van der Waals surface area contributed by atoms with Crippen molar-refractivity contribution in [2.45, 2.75) is 13.8 Å². The van der Waals surface area contributed by atoms with Gasteiger partial charge in [-0.2, -0.15) is 0 Å². The van der Waals surface area contributed by atoms with Crippen molar-refractivity contribution in [3.8, 4) is 0 Å². The lowest BCUT2D eigenvalue weighted by Gasteiger charge is -2.18. The van der Waals surface area contributed by atoms with Gasteiger partial charge >= 0.3 is 5.97 Å². The lowest BCUT2D eigenvalue weighted by Crippen LogP contribution is -2.24. The Kier molecular flexibility index (Phi) is 5.40. The molecular weight excluding hydrogens is 385 g/mol. The largest absolute Gasteiger partial charge is 0.465 e. The van der Waals surface area contributed by atoms with Gasteiger partial charge in [0.25, 0.3) is 5.91 Å². The molecule has 3 rings (SSSR count). The Balaban J connectivity index is 2.14. The van der Waals surface area contributed by atoms with E-state index >= 15 is 0 Å². The van der Waals surface area contributed by atoms with Crippen molar-refractivity contribution >= 4 is 46.8 Å². The van der Waals surface area contributed by atoms with E-state index in [1.165, 1.54) is 12.0 Å².